The second-order valence-electron chi connectivity index (χ2n) is 7.72. The van der Waals surface area contributed by atoms with E-state index in [1.807, 2.05) is 18.2 Å². The number of hydrogen-bond acceptors (Lipinski definition) is 5. The molecule has 1 aliphatic carbocycles. The van der Waals surface area contributed by atoms with Gasteiger partial charge in [-0.15, -0.1) is 0 Å². The van der Waals surface area contributed by atoms with Crippen LogP contribution in [0.1, 0.15) is 47.3 Å². The molecule has 1 fully saturated rings. The molecule has 1 atom stereocenters. The fraction of sp³-hybridized carbons (Fsp3) is 0.250. The number of alkyl halides is 3. The third-order valence-corrected chi connectivity index (χ3v) is 5.21. The van der Waals surface area contributed by atoms with Gasteiger partial charge in [0.15, 0.2) is 0 Å². The van der Waals surface area contributed by atoms with E-state index in [2.05, 4.69) is 20.3 Å². The van der Waals surface area contributed by atoms with Gasteiger partial charge in [0.2, 0.25) is 5.88 Å². The van der Waals surface area contributed by atoms with E-state index in [9.17, 15) is 18.0 Å². The van der Waals surface area contributed by atoms with E-state index in [4.69, 9.17) is 4.74 Å². The summed E-state index contributed by atoms with van der Waals surface area (Å²) < 4.78 is 43.7. The molecule has 170 valence electrons. The van der Waals surface area contributed by atoms with Gasteiger partial charge in [0.25, 0.3) is 5.91 Å². The molecule has 0 aliphatic heterocycles. The van der Waals surface area contributed by atoms with E-state index in [1.54, 1.807) is 12.1 Å². The summed E-state index contributed by atoms with van der Waals surface area (Å²) >= 11 is 0. The van der Waals surface area contributed by atoms with Gasteiger partial charge in [-0.2, -0.15) is 13.2 Å². The van der Waals surface area contributed by atoms with Crippen molar-refractivity contribution in [2.45, 2.75) is 37.9 Å². The average molecular weight is 454 g/mol. The minimum Gasteiger partial charge on any atom is -0.439 e. The van der Waals surface area contributed by atoms with Gasteiger partial charge in [-0.1, -0.05) is 23.8 Å². The molecule has 3 aromatic rings. The zero-order chi connectivity index (χ0) is 23.3. The number of ether oxygens (including phenoxy) is 1. The summed E-state index contributed by atoms with van der Waals surface area (Å²) in [6, 6.07) is 9.38. The first-order valence-electron chi connectivity index (χ1n) is 10.4. The lowest BCUT2D eigenvalue weighted by Gasteiger charge is -2.25. The summed E-state index contributed by atoms with van der Waals surface area (Å²) in [6.45, 7) is 0. The van der Waals surface area contributed by atoms with Crippen LogP contribution in [0.15, 0.2) is 66.8 Å². The predicted octanol–water partition coefficient (Wildman–Crippen LogP) is 5.44. The number of rotatable bonds is 5. The predicted molar refractivity (Wildman–Crippen MR) is 115 cm³/mol. The Balaban J connectivity index is 1.40. The molecule has 4 rings (SSSR count). The van der Waals surface area contributed by atoms with Crippen molar-refractivity contribution in [3.8, 4) is 11.6 Å². The molecule has 2 aromatic heterocycles. The minimum atomic E-state index is -4.44. The van der Waals surface area contributed by atoms with Crippen molar-refractivity contribution >= 4 is 12.0 Å². The normalized spacial score (nSPS) is 17.5. The molecule has 1 N–H and O–H groups in total. The lowest BCUT2D eigenvalue weighted by Crippen LogP contribution is -2.37. The van der Waals surface area contributed by atoms with Crippen molar-refractivity contribution in [3.05, 3.63) is 83.6 Å². The van der Waals surface area contributed by atoms with E-state index in [1.165, 1.54) is 30.2 Å². The largest absolute Gasteiger partial charge is 0.439 e. The van der Waals surface area contributed by atoms with Crippen molar-refractivity contribution in [2.24, 2.45) is 0 Å². The number of nitrogens with one attached hydrogen (secondary N) is 1. The van der Waals surface area contributed by atoms with Gasteiger partial charge < -0.3 is 10.1 Å². The van der Waals surface area contributed by atoms with Crippen molar-refractivity contribution in [1.82, 2.24) is 20.3 Å². The van der Waals surface area contributed by atoms with Crippen LogP contribution in [0.4, 0.5) is 13.2 Å². The Labute approximate surface area is 188 Å². The van der Waals surface area contributed by atoms with Gasteiger partial charge in [-0.3, -0.25) is 9.78 Å². The highest BCUT2D eigenvalue weighted by Crippen LogP contribution is 2.31. The molecule has 1 unspecified atom stereocenters. The smallest absolute Gasteiger partial charge is 0.417 e. The second kappa shape index (κ2) is 9.81. The first-order valence-corrected chi connectivity index (χ1v) is 10.4. The number of aromatic nitrogens is 3. The van der Waals surface area contributed by atoms with Gasteiger partial charge in [0.1, 0.15) is 11.4 Å². The van der Waals surface area contributed by atoms with Crippen LogP contribution in [0.25, 0.3) is 6.08 Å². The number of pyridine rings is 1. The SMILES string of the molecule is O=C(NC1CCCC(=Cc2cccc(Oc3ccc(C(F)(F)F)cn3)c2)C1)c1cnccn1. The average Bonchev–Trinajstić information content (AvgIpc) is 2.80. The van der Waals surface area contributed by atoms with Crippen molar-refractivity contribution in [1.29, 1.82) is 0 Å². The molecule has 33 heavy (non-hydrogen) atoms. The van der Waals surface area contributed by atoms with Crippen molar-refractivity contribution in [2.75, 3.05) is 0 Å². The number of hydrogen-bond donors (Lipinski definition) is 1. The zero-order valence-corrected chi connectivity index (χ0v) is 17.5. The summed E-state index contributed by atoms with van der Waals surface area (Å²) in [6.07, 6.45) is 6.26. The Bertz CT molecular complexity index is 1130. The maximum atomic E-state index is 12.7. The highest BCUT2D eigenvalue weighted by atomic mass is 19.4. The Morgan fingerprint density at radius 2 is 2.00 bits per heavy atom. The number of amides is 1. The van der Waals surface area contributed by atoms with E-state index >= 15 is 0 Å². The van der Waals surface area contributed by atoms with Crippen molar-refractivity contribution < 1.29 is 22.7 Å². The summed E-state index contributed by atoms with van der Waals surface area (Å²) in [5, 5.41) is 3.01. The van der Waals surface area contributed by atoms with Gasteiger partial charge in [0, 0.05) is 30.7 Å². The monoisotopic (exact) mass is 454 g/mol. The fourth-order valence-corrected chi connectivity index (χ4v) is 3.66. The van der Waals surface area contributed by atoms with Crippen molar-refractivity contribution in [3.63, 3.8) is 0 Å². The highest BCUT2D eigenvalue weighted by Gasteiger charge is 2.30. The number of halogens is 3. The molecule has 1 aromatic carbocycles. The maximum absolute atomic E-state index is 12.7. The van der Waals surface area contributed by atoms with Gasteiger partial charge in [-0.05, 0) is 49.4 Å². The number of carbonyl (C=O) groups is 1. The van der Waals surface area contributed by atoms with Crippen LogP contribution in [0.2, 0.25) is 0 Å². The summed E-state index contributed by atoms with van der Waals surface area (Å²) in [5.74, 6) is 0.311. The van der Waals surface area contributed by atoms with E-state index < -0.39 is 11.7 Å². The van der Waals surface area contributed by atoms with Crippen LogP contribution in [0.5, 0.6) is 11.6 Å². The summed E-state index contributed by atoms with van der Waals surface area (Å²) in [4.78, 5) is 24.0. The summed E-state index contributed by atoms with van der Waals surface area (Å²) in [5.41, 5.74) is 1.55. The molecule has 2 heterocycles. The van der Waals surface area contributed by atoms with Crippen LogP contribution in [-0.4, -0.2) is 26.9 Å². The Kier molecular flexibility index (Phi) is 6.67. The molecule has 6 nitrogen and oxygen atoms in total. The second-order valence-corrected chi connectivity index (χ2v) is 7.72. The van der Waals surface area contributed by atoms with Crippen LogP contribution >= 0.6 is 0 Å². The first kappa shape index (κ1) is 22.4. The molecular formula is C24H21F3N4O2. The molecule has 1 saturated carbocycles. The standard InChI is InChI=1S/C24H21F3N4O2/c25-24(26,27)18-7-8-22(30-14-18)33-20-6-2-4-17(13-20)11-16-3-1-5-19(12-16)31-23(32)21-15-28-9-10-29-21/h2,4,6-11,13-15,19H,1,3,5,12H2,(H,31,32). The lowest BCUT2D eigenvalue weighted by molar-refractivity contribution is -0.137. The Morgan fingerprint density at radius 1 is 1.12 bits per heavy atom. The molecule has 1 aliphatic rings. The molecule has 0 radical (unpaired) electrons. The quantitative estimate of drug-likeness (QED) is 0.556. The third-order valence-electron chi connectivity index (χ3n) is 5.21. The Hall–Kier alpha value is -3.75. The van der Waals surface area contributed by atoms with Crippen LogP contribution in [0.3, 0.4) is 0 Å². The minimum absolute atomic E-state index is 0.00952. The molecule has 1 amide bonds. The number of carbonyl (C=O) groups excluding carboxylic acids is 1. The number of nitrogens with zero attached hydrogens (tertiary/aromatic N) is 3. The van der Waals surface area contributed by atoms with Gasteiger partial charge in [0.05, 0.1) is 11.8 Å². The molecule has 0 bridgehead atoms. The molecule has 0 saturated heterocycles. The van der Waals surface area contributed by atoms with E-state index in [-0.39, 0.29) is 23.5 Å². The van der Waals surface area contributed by atoms with Gasteiger partial charge >= 0.3 is 6.18 Å². The molecular weight excluding hydrogens is 433 g/mol. The van der Waals surface area contributed by atoms with Crippen LogP contribution in [0, 0.1) is 0 Å². The maximum Gasteiger partial charge on any atom is 0.417 e. The first-order chi connectivity index (χ1) is 15.9. The zero-order valence-electron chi connectivity index (χ0n) is 17.5. The fourth-order valence-electron chi connectivity index (χ4n) is 3.66. The highest BCUT2D eigenvalue weighted by molar-refractivity contribution is 5.92. The van der Waals surface area contributed by atoms with Crippen LogP contribution < -0.4 is 10.1 Å². The van der Waals surface area contributed by atoms with Crippen LogP contribution in [-0.2, 0) is 6.18 Å². The van der Waals surface area contributed by atoms with E-state index in [0.717, 1.165) is 43.5 Å². The van der Waals surface area contributed by atoms with E-state index in [0.29, 0.717) is 5.75 Å². The topological polar surface area (TPSA) is 77.0 Å². The Morgan fingerprint density at radius 3 is 2.73 bits per heavy atom. The molecule has 0 spiro atoms. The number of benzene rings is 1. The third kappa shape index (κ3) is 6.15. The summed E-state index contributed by atoms with van der Waals surface area (Å²) in [7, 11) is 0. The molecule has 9 heteroatoms. The lowest BCUT2D eigenvalue weighted by atomic mass is 9.89. The van der Waals surface area contributed by atoms with Gasteiger partial charge in [-0.25, -0.2) is 9.97 Å².